The fraction of sp³-hybridized carbons (Fsp3) is 0.429. The van der Waals surface area contributed by atoms with Gasteiger partial charge in [0.1, 0.15) is 5.75 Å². The molecule has 6 nitrogen and oxygen atoms in total. The zero-order chi connectivity index (χ0) is 18.9. The molecule has 1 aromatic carbocycles. The van der Waals surface area contributed by atoms with Gasteiger partial charge in [-0.3, -0.25) is 0 Å². The largest absolute Gasteiger partial charge is 0.507 e. The first-order valence-corrected chi connectivity index (χ1v) is 9.21. The van der Waals surface area contributed by atoms with Gasteiger partial charge in [0, 0.05) is 23.8 Å². The van der Waals surface area contributed by atoms with Gasteiger partial charge >= 0.3 is 0 Å². The molecule has 1 saturated carbocycles. The van der Waals surface area contributed by atoms with Crippen molar-refractivity contribution in [2.45, 2.75) is 38.4 Å². The van der Waals surface area contributed by atoms with Gasteiger partial charge < -0.3 is 20.3 Å². The monoisotopic (exact) mass is 365 g/mol. The lowest BCUT2D eigenvalue weighted by atomic mass is 9.74. The number of ether oxygens (including phenoxy) is 2. The van der Waals surface area contributed by atoms with Crippen LogP contribution in [0.25, 0.3) is 11.3 Å². The number of rotatable bonds is 1. The summed E-state index contributed by atoms with van der Waals surface area (Å²) in [6, 6.07) is 8.78. The number of phenols is 1. The molecular formula is C21H23N3O3. The van der Waals surface area contributed by atoms with Crippen LogP contribution in [0.2, 0.25) is 0 Å². The number of benzene rings is 1. The number of nitrogen functional groups attached to an aromatic ring is 1. The lowest BCUT2D eigenvalue weighted by Crippen LogP contribution is -2.38. The molecule has 4 rings (SSSR count). The number of hydrogen-bond acceptors (Lipinski definition) is 6. The van der Waals surface area contributed by atoms with Crippen molar-refractivity contribution in [2.75, 3.05) is 18.9 Å². The van der Waals surface area contributed by atoms with Gasteiger partial charge in [0.25, 0.3) is 0 Å². The minimum atomic E-state index is -0.392. The maximum absolute atomic E-state index is 10.0. The molecule has 3 N–H and O–H groups in total. The molecule has 140 valence electrons. The third-order valence-corrected chi connectivity index (χ3v) is 5.43. The predicted molar refractivity (Wildman–Crippen MR) is 102 cm³/mol. The summed E-state index contributed by atoms with van der Waals surface area (Å²) in [7, 11) is 0. The van der Waals surface area contributed by atoms with E-state index in [0.29, 0.717) is 35.9 Å². The third kappa shape index (κ3) is 3.61. The second-order valence-electron chi connectivity index (χ2n) is 7.46. The van der Waals surface area contributed by atoms with Crippen LogP contribution in [0.3, 0.4) is 0 Å². The fourth-order valence-corrected chi connectivity index (χ4v) is 3.63. The van der Waals surface area contributed by atoms with Gasteiger partial charge in [-0.15, -0.1) is 10.2 Å². The lowest BCUT2D eigenvalue weighted by molar-refractivity contribution is -0.186. The number of phenolic OH excluding ortho intramolecular Hbond substituents is 1. The Bertz CT molecular complexity index is 900. The van der Waals surface area contributed by atoms with Gasteiger partial charge in [-0.05, 0) is 38.0 Å². The number of anilines is 1. The Morgan fingerprint density at radius 1 is 1.07 bits per heavy atom. The van der Waals surface area contributed by atoms with E-state index in [1.807, 2.05) is 6.07 Å². The first kappa shape index (κ1) is 17.8. The Balaban J connectivity index is 1.57. The van der Waals surface area contributed by atoms with E-state index in [-0.39, 0.29) is 11.2 Å². The maximum Gasteiger partial charge on any atom is 0.168 e. The Hall–Kier alpha value is -2.62. The molecule has 1 saturated heterocycles. The van der Waals surface area contributed by atoms with E-state index in [0.717, 1.165) is 25.7 Å². The van der Waals surface area contributed by atoms with Crippen LogP contribution in [-0.4, -0.2) is 34.3 Å². The smallest absolute Gasteiger partial charge is 0.168 e. The molecule has 6 heteroatoms. The van der Waals surface area contributed by atoms with Gasteiger partial charge in [-0.1, -0.05) is 24.0 Å². The average molecular weight is 365 g/mol. The summed E-state index contributed by atoms with van der Waals surface area (Å²) in [5.41, 5.74) is 7.64. The zero-order valence-corrected chi connectivity index (χ0v) is 15.4. The molecule has 2 fully saturated rings. The maximum atomic E-state index is 10.0. The van der Waals surface area contributed by atoms with Gasteiger partial charge in [-0.25, -0.2) is 0 Å². The second kappa shape index (κ2) is 6.84. The summed E-state index contributed by atoms with van der Waals surface area (Å²) < 4.78 is 11.6. The summed E-state index contributed by atoms with van der Waals surface area (Å²) in [6.45, 7) is 3.52. The van der Waals surface area contributed by atoms with E-state index in [9.17, 15) is 5.11 Å². The number of para-hydroxylation sites is 1. The van der Waals surface area contributed by atoms with Crippen molar-refractivity contribution in [3.05, 3.63) is 35.9 Å². The Morgan fingerprint density at radius 2 is 1.78 bits per heavy atom. The molecule has 1 aliphatic carbocycles. The van der Waals surface area contributed by atoms with Gasteiger partial charge in [0.05, 0.1) is 24.5 Å². The van der Waals surface area contributed by atoms with Crippen molar-refractivity contribution in [1.82, 2.24) is 10.2 Å². The third-order valence-electron chi connectivity index (χ3n) is 5.43. The van der Waals surface area contributed by atoms with Crippen LogP contribution in [0.1, 0.15) is 38.2 Å². The molecule has 0 unspecified atom stereocenters. The summed E-state index contributed by atoms with van der Waals surface area (Å²) in [6.07, 6.45) is 3.52. The molecule has 0 amide bonds. The van der Waals surface area contributed by atoms with Crippen LogP contribution in [0, 0.1) is 17.3 Å². The molecule has 27 heavy (non-hydrogen) atoms. The molecule has 0 bridgehead atoms. The topological polar surface area (TPSA) is 90.5 Å². The molecule has 2 heterocycles. The molecular weight excluding hydrogens is 342 g/mol. The van der Waals surface area contributed by atoms with Crippen LogP contribution in [0.15, 0.2) is 30.3 Å². The van der Waals surface area contributed by atoms with E-state index in [4.69, 9.17) is 15.2 Å². The van der Waals surface area contributed by atoms with E-state index in [2.05, 4.69) is 29.0 Å². The number of aromatic nitrogens is 2. The zero-order valence-electron chi connectivity index (χ0n) is 15.4. The molecule has 0 radical (unpaired) electrons. The van der Waals surface area contributed by atoms with Crippen molar-refractivity contribution in [1.29, 1.82) is 0 Å². The highest BCUT2D eigenvalue weighted by atomic mass is 16.7. The van der Waals surface area contributed by atoms with Gasteiger partial charge in [0.15, 0.2) is 11.6 Å². The van der Waals surface area contributed by atoms with Crippen molar-refractivity contribution >= 4 is 5.82 Å². The average Bonchev–Trinajstić information content (AvgIpc) is 3.13. The Labute approximate surface area is 158 Å². The molecule has 1 aromatic heterocycles. The number of nitrogens with two attached hydrogens (primary N) is 1. The summed E-state index contributed by atoms with van der Waals surface area (Å²) in [5, 5.41) is 18.2. The molecule has 2 aromatic rings. The second-order valence-corrected chi connectivity index (χ2v) is 7.46. The van der Waals surface area contributed by atoms with Crippen LogP contribution in [-0.2, 0) is 9.47 Å². The molecule has 2 aliphatic rings. The number of hydrogen-bond donors (Lipinski definition) is 2. The van der Waals surface area contributed by atoms with Crippen molar-refractivity contribution in [3.63, 3.8) is 0 Å². The Morgan fingerprint density at radius 3 is 2.48 bits per heavy atom. The number of nitrogens with zero attached hydrogens (tertiary/aromatic N) is 2. The van der Waals surface area contributed by atoms with Gasteiger partial charge in [0.2, 0.25) is 0 Å². The van der Waals surface area contributed by atoms with Gasteiger partial charge in [-0.2, -0.15) is 0 Å². The van der Waals surface area contributed by atoms with E-state index in [1.54, 1.807) is 24.3 Å². The van der Waals surface area contributed by atoms with E-state index >= 15 is 0 Å². The number of aromatic hydroxyl groups is 1. The predicted octanol–water partition coefficient (Wildman–Crippen LogP) is 3.11. The van der Waals surface area contributed by atoms with Crippen molar-refractivity contribution in [3.8, 4) is 28.8 Å². The first-order chi connectivity index (χ1) is 13.0. The standard InChI is InChI=1S/C21H23N3O3/c1-20(8-10-21(11-9-20)26-12-13-27-21)7-6-15-14-17(23-24-19(15)22)16-4-2-3-5-18(16)25/h2-5,14,25H,8-13H2,1H3,(H2,22,24). The van der Waals surface area contributed by atoms with Crippen molar-refractivity contribution < 1.29 is 14.6 Å². The van der Waals surface area contributed by atoms with Crippen LogP contribution >= 0.6 is 0 Å². The molecule has 1 spiro atoms. The normalized spacial score (nSPS) is 20.2. The highest BCUT2D eigenvalue weighted by Gasteiger charge is 2.43. The minimum absolute atomic E-state index is 0.120. The lowest BCUT2D eigenvalue weighted by Gasteiger charge is -2.38. The quantitative estimate of drug-likeness (QED) is 0.755. The Kier molecular flexibility index (Phi) is 4.50. The highest BCUT2D eigenvalue weighted by Crippen LogP contribution is 2.44. The SMILES string of the molecule is CC1(C#Cc2cc(-c3ccccc3O)nnc2N)CCC2(CC1)OCCO2. The van der Waals surface area contributed by atoms with Crippen molar-refractivity contribution in [2.24, 2.45) is 5.41 Å². The first-order valence-electron chi connectivity index (χ1n) is 9.21. The minimum Gasteiger partial charge on any atom is -0.507 e. The van der Waals surface area contributed by atoms with Crippen LogP contribution in [0.5, 0.6) is 5.75 Å². The molecule has 0 atom stereocenters. The summed E-state index contributed by atoms with van der Waals surface area (Å²) in [5.74, 6) is 6.62. The van der Waals surface area contributed by atoms with Crippen LogP contribution < -0.4 is 5.73 Å². The van der Waals surface area contributed by atoms with E-state index in [1.165, 1.54) is 0 Å². The summed E-state index contributed by atoms with van der Waals surface area (Å²) in [4.78, 5) is 0. The fourth-order valence-electron chi connectivity index (χ4n) is 3.63. The van der Waals surface area contributed by atoms with Crippen LogP contribution in [0.4, 0.5) is 5.82 Å². The highest BCUT2D eigenvalue weighted by molar-refractivity contribution is 5.69. The summed E-state index contributed by atoms with van der Waals surface area (Å²) >= 11 is 0. The van der Waals surface area contributed by atoms with E-state index < -0.39 is 5.79 Å². The molecule has 1 aliphatic heterocycles.